The Labute approximate surface area is 143 Å². The second-order valence-electron chi connectivity index (χ2n) is 6.38. The summed E-state index contributed by atoms with van der Waals surface area (Å²) in [4.78, 5) is 17.1. The molecule has 1 aromatic rings. The lowest BCUT2D eigenvalue weighted by atomic mass is 10.0. The van der Waals surface area contributed by atoms with Gasteiger partial charge < -0.3 is 19.7 Å². The van der Waals surface area contributed by atoms with Crippen molar-refractivity contribution in [2.75, 3.05) is 53.5 Å². The van der Waals surface area contributed by atoms with Crippen LogP contribution < -0.4 is 14.8 Å². The summed E-state index contributed by atoms with van der Waals surface area (Å²) >= 11 is 0. The molecule has 6 heteroatoms. The van der Waals surface area contributed by atoms with Gasteiger partial charge in [-0.05, 0) is 31.0 Å². The smallest absolute Gasteiger partial charge is 0.237 e. The molecule has 1 aromatic carbocycles. The van der Waals surface area contributed by atoms with Crippen molar-refractivity contribution >= 4 is 5.91 Å². The van der Waals surface area contributed by atoms with Crippen LogP contribution in [-0.4, -0.2) is 69.2 Å². The molecule has 0 aliphatic carbocycles. The molecule has 24 heavy (non-hydrogen) atoms. The molecule has 2 aliphatic rings. The number of nitrogens with zero attached hydrogens (tertiary/aromatic N) is 2. The summed E-state index contributed by atoms with van der Waals surface area (Å²) in [5.41, 5.74) is 1.04. The van der Waals surface area contributed by atoms with E-state index in [1.165, 1.54) is 0 Å². The molecule has 0 saturated carbocycles. The maximum Gasteiger partial charge on any atom is 0.237 e. The normalized spacial score (nSPS) is 21.8. The first-order valence-electron chi connectivity index (χ1n) is 8.67. The summed E-state index contributed by atoms with van der Waals surface area (Å²) in [6.07, 6.45) is 2.00. The van der Waals surface area contributed by atoms with E-state index in [4.69, 9.17) is 9.47 Å². The van der Waals surface area contributed by atoms with E-state index >= 15 is 0 Å². The summed E-state index contributed by atoms with van der Waals surface area (Å²) in [5, 5.41) is 3.32. The summed E-state index contributed by atoms with van der Waals surface area (Å²) in [6, 6.07) is 5.89. The molecule has 2 fully saturated rings. The van der Waals surface area contributed by atoms with Crippen LogP contribution in [0.2, 0.25) is 0 Å². The molecule has 0 aromatic heterocycles. The number of carbonyl (C=O) groups is 1. The van der Waals surface area contributed by atoms with Crippen LogP contribution in [0.15, 0.2) is 18.2 Å². The highest BCUT2D eigenvalue weighted by Gasteiger charge is 2.32. The largest absolute Gasteiger partial charge is 0.497 e. The lowest BCUT2D eigenvalue weighted by Gasteiger charge is -2.31. The van der Waals surface area contributed by atoms with Crippen LogP contribution in [0.4, 0.5) is 0 Å². The van der Waals surface area contributed by atoms with Crippen molar-refractivity contribution in [1.82, 2.24) is 15.1 Å². The van der Waals surface area contributed by atoms with E-state index in [9.17, 15) is 4.79 Å². The second kappa shape index (κ2) is 7.85. The SMILES string of the molecule is COc1ccc(OC)c(C2CCCN2C(=O)CN2CCNCC2)c1. The van der Waals surface area contributed by atoms with E-state index in [0.717, 1.165) is 62.6 Å². The molecule has 1 unspecified atom stereocenters. The zero-order valence-electron chi connectivity index (χ0n) is 14.6. The molecule has 1 atom stereocenters. The molecule has 2 heterocycles. The topological polar surface area (TPSA) is 54.0 Å². The number of nitrogens with one attached hydrogen (secondary N) is 1. The van der Waals surface area contributed by atoms with Crippen molar-refractivity contribution in [3.05, 3.63) is 23.8 Å². The Kier molecular flexibility index (Phi) is 5.58. The van der Waals surface area contributed by atoms with E-state index in [2.05, 4.69) is 10.2 Å². The molecule has 0 radical (unpaired) electrons. The molecule has 1 amide bonds. The van der Waals surface area contributed by atoms with Gasteiger partial charge in [0.2, 0.25) is 5.91 Å². The van der Waals surface area contributed by atoms with Gasteiger partial charge in [-0.15, -0.1) is 0 Å². The third kappa shape index (κ3) is 3.65. The van der Waals surface area contributed by atoms with Crippen LogP contribution in [0.25, 0.3) is 0 Å². The Morgan fingerprint density at radius 1 is 1.21 bits per heavy atom. The van der Waals surface area contributed by atoms with Crippen LogP contribution >= 0.6 is 0 Å². The Bertz CT molecular complexity index is 573. The maximum atomic E-state index is 12.8. The zero-order chi connectivity index (χ0) is 16.9. The van der Waals surface area contributed by atoms with Crippen molar-refractivity contribution in [1.29, 1.82) is 0 Å². The molecule has 0 spiro atoms. The summed E-state index contributed by atoms with van der Waals surface area (Å²) in [5.74, 6) is 1.83. The predicted octanol–water partition coefficient (Wildman–Crippen LogP) is 1.27. The van der Waals surface area contributed by atoms with Gasteiger partial charge in [0.25, 0.3) is 0 Å². The standard InChI is InChI=1S/C18H27N3O3/c1-23-14-5-6-17(24-2)15(12-14)16-4-3-9-21(16)18(22)13-20-10-7-19-8-11-20/h5-6,12,16,19H,3-4,7-11,13H2,1-2H3. The van der Waals surface area contributed by atoms with Crippen LogP contribution in [0, 0.1) is 0 Å². The number of benzene rings is 1. The molecule has 2 aliphatic heterocycles. The third-order valence-corrected chi connectivity index (χ3v) is 4.94. The van der Waals surface area contributed by atoms with Gasteiger partial charge >= 0.3 is 0 Å². The fourth-order valence-electron chi connectivity index (χ4n) is 3.64. The summed E-state index contributed by atoms with van der Waals surface area (Å²) in [7, 11) is 3.33. The Hall–Kier alpha value is -1.79. The summed E-state index contributed by atoms with van der Waals surface area (Å²) < 4.78 is 10.9. The number of carbonyl (C=O) groups excluding carboxylic acids is 1. The van der Waals surface area contributed by atoms with Crippen LogP contribution in [0.3, 0.4) is 0 Å². The van der Waals surface area contributed by atoms with E-state index in [1.54, 1.807) is 14.2 Å². The number of methoxy groups -OCH3 is 2. The number of likely N-dealkylation sites (tertiary alicyclic amines) is 1. The van der Waals surface area contributed by atoms with E-state index in [0.29, 0.717) is 6.54 Å². The fourth-order valence-corrected chi connectivity index (χ4v) is 3.64. The Morgan fingerprint density at radius 2 is 2.00 bits per heavy atom. The Balaban J connectivity index is 1.76. The number of hydrogen-bond acceptors (Lipinski definition) is 5. The molecule has 6 nitrogen and oxygen atoms in total. The lowest BCUT2D eigenvalue weighted by Crippen LogP contribution is -2.48. The first-order chi connectivity index (χ1) is 11.7. The number of piperazine rings is 1. The van der Waals surface area contributed by atoms with Crippen molar-refractivity contribution in [3.63, 3.8) is 0 Å². The average Bonchev–Trinajstić information content (AvgIpc) is 3.11. The minimum Gasteiger partial charge on any atom is -0.497 e. The van der Waals surface area contributed by atoms with Crippen molar-refractivity contribution in [3.8, 4) is 11.5 Å². The molecule has 1 N–H and O–H groups in total. The highest BCUT2D eigenvalue weighted by Crippen LogP contribution is 2.38. The molecule has 3 rings (SSSR count). The second-order valence-corrected chi connectivity index (χ2v) is 6.38. The first kappa shape index (κ1) is 17.0. The number of rotatable bonds is 5. The molecular formula is C18H27N3O3. The minimum absolute atomic E-state index is 0.0745. The van der Waals surface area contributed by atoms with Gasteiger partial charge in [-0.3, -0.25) is 9.69 Å². The van der Waals surface area contributed by atoms with Crippen LogP contribution in [0.1, 0.15) is 24.4 Å². The third-order valence-electron chi connectivity index (χ3n) is 4.94. The molecular weight excluding hydrogens is 306 g/mol. The van der Waals surface area contributed by atoms with Gasteiger partial charge in [0.1, 0.15) is 11.5 Å². The molecule has 132 valence electrons. The lowest BCUT2D eigenvalue weighted by molar-refractivity contribution is -0.133. The van der Waals surface area contributed by atoms with Crippen LogP contribution in [-0.2, 0) is 4.79 Å². The van der Waals surface area contributed by atoms with Gasteiger partial charge in [0.05, 0.1) is 26.8 Å². The molecule has 2 saturated heterocycles. The number of hydrogen-bond donors (Lipinski definition) is 1. The van der Waals surface area contributed by atoms with E-state index < -0.39 is 0 Å². The molecule has 0 bridgehead atoms. The van der Waals surface area contributed by atoms with Crippen LogP contribution in [0.5, 0.6) is 11.5 Å². The maximum absolute atomic E-state index is 12.8. The van der Waals surface area contributed by atoms with Gasteiger partial charge in [-0.1, -0.05) is 0 Å². The van der Waals surface area contributed by atoms with Crippen molar-refractivity contribution in [2.45, 2.75) is 18.9 Å². The number of ether oxygens (including phenoxy) is 2. The van der Waals surface area contributed by atoms with Gasteiger partial charge in [-0.2, -0.15) is 0 Å². The highest BCUT2D eigenvalue weighted by atomic mass is 16.5. The fraction of sp³-hybridized carbons (Fsp3) is 0.611. The average molecular weight is 333 g/mol. The van der Waals surface area contributed by atoms with Gasteiger partial charge in [-0.25, -0.2) is 0 Å². The monoisotopic (exact) mass is 333 g/mol. The highest BCUT2D eigenvalue weighted by molar-refractivity contribution is 5.79. The van der Waals surface area contributed by atoms with Gasteiger partial charge in [0.15, 0.2) is 0 Å². The van der Waals surface area contributed by atoms with Crippen molar-refractivity contribution < 1.29 is 14.3 Å². The van der Waals surface area contributed by atoms with Crippen molar-refractivity contribution in [2.24, 2.45) is 0 Å². The number of amides is 1. The van der Waals surface area contributed by atoms with E-state index in [1.807, 2.05) is 23.1 Å². The Morgan fingerprint density at radius 3 is 2.71 bits per heavy atom. The predicted molar refractivity (Wildman–Crippen MR) is 92.5 cm³/mol. The summed E-state index contributed by atoms with van der Waals surface area (Å²) in [6.45, 7) is 5.11. The zero-order valence-corrected chi connectivity index (χ0v) is 14.6. The van der Waals surface area contributed by atoms with Gasteiger partial charge in [0, 0.05) is 38.3 Å². The quantitative estimate of drug-likeness (QED) is 0.879. The minimum atomic E-state index is 0.0745. The first-order valence-corrected chi connectivity index (χ1v) is 8.67. The van der Waals surface area contributed by atoms with E-state index in [-0.39, 0.29) is 11.9 Å².